The molecule has 0 saturated carbocycles. The van der Waals surface area contributed by atoms with Crippen LogP contribution in [0.4, 0.5) is 4.39 Å². The van der Waals surface area contributed by atoms with Crippen LogP contribution < -0.4 is 5.32 Å². The van der Waals surface area contributed by atoms with Crippen molar-refractivity contribution in [1.29, 1.82) is 0 Å². The Labute approximate surface area is 110 Å². The Morgan fingerprint density at radius 3 is 3.00 bits per heavy atom. The SMILES string of the molecule is CC(CNC(=O)c1ccncc1F)Cn1ccnc1. The smallest absolute Gasteiger partial charge is 0.254 e. The zero-order valence-electron chi connectivity index (χ0n) is 10.6. The van der Waals surface area contributed by atoms with E-state index in [1.54, 1.807) is 12.5 Å². The van der Waals surface area contributed by atoms with Crippen LogP contribution in [0.2, 0.25) is 0 Å². The van der Waals surface area contributed by atoms with Gasteiger partial charge in [-0.05, 0) is 12.0 Å². The van der Waals surface area contributed by atoms with Crippen molar-refractivity contribution in [3.05, 3.63) is 48.6 Å². The van der Waals surface area contributed by atoms with Gasteiger partial charge in [0.25, 0.3) is 5.91 Å². The Bertz CT molecular complexity index is 541. The third kappa shape index (κ3) is 3.61. The van der Waals surface area contributed by atoms with Gasteiger partial charge in [-0.3, -0.25) is 9.78 Å². The molecular formula is C13H15FN4O. The number of halogens is 1. The molecule has 2 rings (SSSR count). The van der Waals surface area contributed by atoms with Crippen molar-refractivity contribution in [2.24, 2.45) is 5.92 Å². The summed E-state index contributed by atoms with van der Waals surface area (Å²) in [7, 11) is 0. The first kappa shape index (κ1) is 13.2. The summed E-state index contributed by atoms with van der Waals surface area (Å²) in [5.41, 5.74) is 0.0184. The monoisotopic (exact) mass is 262 g/mol. The fourth-order valence-electron chi connectivity index (χ4n) is 1.74. The first-order chi connectivity index (χ1) is 9.16. The topological polar surface area (TPSA) is 59.8 Å². The van der Waals surface area contributed by atoms with E-state index in [2.05, 4.69) is 15.3 Å². The lowest BCUT2D eigenvalue weighted by molar-refractivity contribution is 0.0942. The third-order valence-corrected chi connectivity index (χ3v) is 2.71. The molecule has 2 aromatic rings. The average molecular weight is 262 g/mol. The van der Waals surface area contributed by atoms with E-state index in [1.807, 2.05) is 17.7 Å². The van der Waals surface area contributed by atoms with Crippen molar-refractivity contribution in [3.8, 4) is 0 Å². The van der Waals surface area contributed by atoms with Gasteiger partial charge < -0.3 is 9.88 Å². The molecule has 19 heavy (non-hydrogen) atoms. The molecule has 1 amide bonds. The van der Waals surface area contributed by atoms with Gasteiger partial charge in [0, 0.05) is 31.7 Å². The second-order valence-corrected chi connectivity index (χ2v) is 4.43. The lowest BCUT2D eigenvalue weighted by atomic mass is 10.1. The fraction of sp³-hybridized carbons (Fsp3) is 0.308. The number of hydrogen-bond donors (Lipinski definition) is 1. The molecular weight excluding hydrogens is 247 g/mol. The van der Waals surface area contributed by atoms with E-state index in [0.29, 0.717) is 6.54 Å². The maximum atomic E-state index is 13.3. The Kier molecular flexibility index (Phi) is 4.22. The number of carbonyl (C=O) groups excluding carboxylic acids is 1. The second-order valence-electron chi connectivity index (χ2n) is 4.43. The molecule has 0 fully saturated rings. The van der Waals surface area contributed by atoms with E-state index in [0.717, 1.165) is 12.7 Å². The van der Waals surface area contributed by atoms with Crippen molar-refractivity contribution in [2.75, 3.05) is 6.54 Å². The molecule has 2 aromatic heterocycles. The lowest BCUT2D eigenvalue weighted by Crippen LogP contribution is -2.30. The van der Waals surface area contributed by atoms with Crippen LogP contribution in [0.5, 0.6) is 0 Å². The molecule has 2 heterocycles. The Morgan fingerprint density at radius 1 is 1.47 bits per heavy atom. The number of nitrogens with one attached hydrogen (secondary N) is 1. The van der Waals surface area contributed by atoms with E-state index >= 15 is 0 Å². The van der Waals surface area contributed by atoms with Crippen LogP contribution in [-0.4, -0.2) is 27.0 Å². The number of aromatic nitrogens is 3. The molecule has 6 heteroatoms. The van der Waals surface area contributed by atoms with Gasteiger partial charge in [-0.1, -0.05) is 6.92 Å². The number of hydrogen-bond acceptors (Lipinski definition) is 3. The zero-order chi connectivity index (χ0) is 13.7. The van der Waals surface area contributed by atoms with Crippen molar-refractivity contribution in [2.45, 2.75) is 13.5 Å². The average Bonchev–Trinajstić information content (AvgIpc) is 2.89. The summed E-state index contributed by atoms with van der Waals surface area (Å²) in [5, 5.41) is 2.71. The summed E-state index contributed by atoms with van der Waals surface area (Å²) in [5.74, 6) is -0.803. The van der Waals surface area contributed by atoms with Crippen LogP contribution in [0.25, 0.3) is 0 Å². The van der Waals surface area contributed by atoms with Gasteiger partial charge in [-0.2, -0.15) is 0 Å². The molecule has 5 nitrogen and oxygen atoms in total. The number of nitrogens with zero attached hydrogens (tertiary/aromatic N) is 3. The number of pyridine rings is 1. The predicted molar refractivity (Wildman–Crippen MR) is 67.9 cm³/mol. The molecule has 0 aliphatic carbocycles. The first-order valence-corrected chi connectivity index (χ1v) is 6.00. The predicted octanol–water partition coefficient (Wildman–Crippen LogP) is 1.48. The van der Waals surface area contributed by atoms with E-state index in [4.69, 9.17) is 0 Å². The number of amides is 1. The minimum absolute atomic E-state index is 0.0184. The summed E-state index contributed by atoms with van der Waals surface area (Å²) < 4.78 is 15.3. The zero-order valence-corrected chi connectivity index (χ0v) is 10.6. The van der Waals surface area contributed by atoms with Gasteiger partial charge >= 0.3 is 0 Å². The normalized spacial score (nSPS) is 12.1. The highest BCUT2D eigenvalue weighted by Gasteiger charge is 2.12. The van der Waals surface area contributed by atoms with Crippen molar-refractivity contribution < 1.29 is 9.18 Å². The van der Waals surface area contributed by atoms with Gasteiger partial charge in [0.15, 0.2) is 5.82 Å². The maximum absolute atomic E-state index is 13.3. The molecule has 1 atom stereocenters. The summed E-state index contributed by atoms with van der Waals surface area (Å²) >= 11 is 0. The van der Waals surface area contributed by atoms with Crippen LogP contribution in [0.3, 0.4) is 0 Å². The van der Waals surface area contributed by atoms with Gasteiger partial charge in [-0.25, -0.2) is 9.37 Å². The number of rotatable bonds is 5. The molecule has 1 unspecified atom stereocenters. The van der Waals surface area contributed by atoms with Crippen LogP contribution in [0, 0.1) is 11.7 Å². The van der Waals surface area contributed by atoms with Crippen LogP contribution in [0.15, 0.2) is 37.2 Å². The fourth-order valence-corrected chi connectivity index (χ4v) is 1.74. The molecule has 1 N–H and O–H groups in total. The molecule has 0 saturated heterocycles. The largest absolute Gasteiger partial charge is 0.352 e. The minimum Gasteiger partial charge on any atom is -0.352 e. The second kappa shape index (κ2) is 6.08. The highest BCUT2D eigenvalue weighted by Crippen LogP contribution is 2.05. The van der Waals surface area contributed by atoms with Crippen LogP contribution >= 0.6 is 0 Å². The third-order valence-electron chi connectivity index (χ3n) is 2.71. The summed E-state index contributed by atoms with van der Waals surface area (Å²) in [4.78, 5) is 19.3. The minimum atomic E-state index is -0.609. The quantitative estimate of drug-likeness (QED) is 0.888. The Morgan fingerprint density at radius 2 is 2.32 bits per heavy atom. The van der Waals surface area contributed by atoms with Gasteiger partial charge in [-0.15, -0.1) is 0 Å². The van der Waals surface area contributed by atoms with Crippen molar-refractivity contribution in [1.82, 2.24) is 19.9 Å². The summed E-state index contributed by atoms with van der Waals surface area (Å²) in [6.45, 7) is 3.22. The molecule has 0 radical (unpaired) electrons. The Balaban J connectivity index is 1.85. The molecule has 0 aliphatic heterocycles. The number of imidazole rings is 1. The first-order valence-electron chi connectivity index (χ1n) is 6.00. The van der Waals surface area contributed by atoms with Crippen LogP contribution in [-0.2, 0) is 6.54 Å². The van der Waals surface area contributed by atoms with E-state index < -0.39 is 11.7 Å². The van der Waals surface area contributed by atoms with Gasteiger partial charge in [0.1, 0.15) is 0 Å². The van der Waals surface area contributed by atoms with E-state index in [-0.39, 0.29) is 11.5 Å². The van der Waals surface area contributed by atoms with Gasteiger partial charge in [0.2, 0.25) is 0 Å². The van der Waals surface area contributed by atoms with Crippen molar-refractivity contribution >= 4 is 5.91 Å². The van der Waals surface area contributed by atoms with Gasteiger partial charge in [0.05, 0.1) is 18.1 Å². The van der Waals surface area contributed by atoms with Crippen molar-refractivity contribution in [3.63, 3.8) is 0 Å². The van der Waals surface area contributed by atoms with E-state index in [9.17, 15) is 9.18 Å². The number of carbonyl (C=O) groups is 1. The Hall–Kier alpha value is -2.24. The lowest BCUT2D eigenvalue weighted by Gasteiger charge is -2.13. The molecule has 0 bridgehead atoms. The molecule has 0 aromatic carbocycles. The summed E-state index contributed by atoms with van der Waals surface area (Å²) in [6.07, 6.45) is 7.72. The molecule has 0 spiro atoms. The molecule has 0 aliphatic rings. The summed E-state index contributed by atoms with van der Waals surface area (Å²) in [6, 6.07) is 1.37. The highest BCUT2D eigenvalue weighted by molar-refractivity contribution is 5.94. The van der Waals surface area contributed by atoms with E-state index in [1.165, 1.54) is 12.3 Å². The maximum Gasteiger partial charge on any atom is 0.254 e. The highest BCUT2D eigenvalue weighted by atomic mass is 19.1. The molecule has 100 valence electrons. The van der Waals surface area contributed by atoms with Crippen LogP contribution in [0.1, 0.15) is 17.3 Å². The standard InChI is InChI=1S/C13H15FN4O/c1-10(8-18-5-4-16-9-18)6-17-13(19)11-2-3-15-7-12(11)14/h2-5,7,9-10H,6,8H2,1H3,(H,17,19).